The summed E-state index contributed by atoms with van der Waals surface area (Å²) in [7, 11) is 0. The van der Waals surface area contributed by atoms with E-state index < -0.39 is 0 Å². The fourth-order valence-electron chi connectivity index (χ4n) is 0.665. The molecule has 1 aromatic rings. The predicted molar refractivity (Wildman–Crippen MR) is 66.8 cm³/mol. The maximum Gasteiger partial charge on any atom is 0.146 e. The molecule has 3 nitrogen and oxygen atoms in total. The molecule has 0 amide bonds. The van der Waals surface area contributed by atoms with Gasteiger partial charge in [-0.25, -0.2) is 9.67 Å². The van der Waals surface area contributed by atoms with E-state index in [9.17, 15) is 0 Å². The first kappa shape index (κ1) is 13.4. The van der Waals surface area contributed by atoms with E-state index in [1.165, 1.54) is 6.42 Å². The summed E-state index contributed by atoms with van der Waals surface area (Å²) in [5, 5.41) is 3.97. The van der Waals surface area contributed by atoms with E-state index in [0.717, 1.165) is 5.57 Å². The molecular formula is C12H19N3. The van der Waals surface area contributed by atoms with Gasteiger partial charge in [-0.1, -0.05) is 33.4 Å². The molecule has 0 spiro atoms. The van der Waals surface area contributed by atoms with Crippen LogP contribution in [0.5, 0.6) is 0 Å². The van der Waals surface area contributed by atoms with Gasteiger partial charge in [0.2, 0.25) is 0 Å². The topological polar surface area (TPSA) is 30.2 Å². The van der Waals surface area contributed by atoms with Crippen LogP contribution in [0.15, 0.2) is 42.2 Å². The summed E-state index contributed by atoms with van der Waals surface area (Å²) >= 11 is 0. The summed E-state index contributed by atoms with van der Waals surface area (Å²) in [5.41, 5.74) is 0.892. The van der Waals surface area contributed by atoms with E-state index in [2.05, 4.69) is 37.1 Å². The van der Waals surface area contributed by atoms with Gasteiger partial charge in [-0.3, -0.25) is 0 Å². The Morgan fingerprint density at radius 3 is 2.47 bits per heavy atom. The van der Waals surface area contributed by atoms with E-state index in [0.29, 0.717) is 5.82 Å². The Bertz CT molecular complexity index is 321. The molecule has 0 bridgehead atoms. The highest BCUT2D eigenvalue weighted by atomic mass is 15.3. The lowest BCUT2D eigenvalue weighted by Gasteiger charge is -1.96. The fourth-order valence-corrected chi connectivity index (χ4v) is 0.665. The largest absolute Gasteiger partial charge is 0.238 e. The third-order valence-corrected chi connectivity index (χ3v) is 1.20. The number of rotatable bonds is 3. The number of hydrogen-bond donors (Lipinski definition) is 0. The summed E-state index contributed by atoms with van der Waals surface area (Å²) in [6.45, 7) is 13.5. The number of allylic oxidation sites excluding steroid dienone is 1. The van der Waals surface area contributed by atoms with E-state index in [4.69, 9.17) is 0 Å². The first-order valence-corrected chi connectivity index (χ1v) is 5.00. The van der Waals surface area contributed by atoms with Crippen LogP contribution in [-0.2, 0) is 0 Å². The Kier molecular flexibility index (Phi) is 6.89. The van der Waals surface area contributed by atoms with Crippen LogP contribution in [0.2, 0.25) is 0 Å². The van der Waals surface area contributed by atoms with Gasteiger partial charge >= 0.3 is 0 Å². The summed E-state index contributed by atoms with van der Waals surface area (Å²) < 4.78 is 1.60. The number of aliphatic imine (C=N–C) groups is 1. The highest BCUT2D eigenvalue weighted by Gasteiger charge is 1.90. The van der Waals surface area contributed by atoms with Crippen molar-refractivity contribution < 1.29 is 0 Å². The summed E-state index contributed by atoms with van der Waals surface area (Å²) in [6.07, 6.45) is 6.38. The Hall–Kier alpha value is -1.64. The van der Waals surface area contributed by atoms with Crippen LogP contribution in [0.3, 0.4) is 0 Å². The molecule has 0 aliphatic carbocycles. The molecule has 15 heavy (non-hydrogen) atoms. The van der Waals surface area contributed by atoms with Gasteiger partial charge in [0.25, 0.3) is 0 Å². The maximum atomic E-state index is 4.05. The Morgan fingerprint density at radius 2 is 2.07 bits per heavy atom. The molecule has 0 fully saturated rings. The minimum Gasteiger partial charge on any atom is -0.238 e. The molecule has 0 atom stereocenters. The van der Waals surface area contributed by atoms with Crippen molar-refractivity contribution in [2.45, 2.75) is 27.2 Å². The van der Waals surface area contributed by atoms with E-state index in [1.807, 2.05) is 13.0 Å². The number of nitrogens with zero attached hydrogens (tertiary/aromatic N) is 3. The zero-order chi connectivity index (χ0) is 11.7. The fraction of sp³-hybridized carbons (Fsp3) is 0.333. The molecular weight excluding hydrogens is 186 g/mol. The smallest absolute Gasteiger partial charge is 0.146 e. The molecule has 0 unspecified atom stereocenters. The van der Waals surface area contributed by atoms with Crippen LogP contribution in [0, 0.1) is 0 Å². The minimum atomic E-state index is 0.586. The molecule has 1 heterocycles. The number of aromatic nitrogens is 2. The van der Waals surface area contributed by atoms with Gasteiger partial charge in [0.1, 0.15) is 5.82 Å². The lowest BCUT2D eigenvalue weighted by molar-refractivity contribution is 0.891. The van der Waals surface area contributed by atoms with Crippen molar-refractivity contribution in [2.24, 2.45) is 4.99 Å². The van der Waals surface area contributed by atoms with Crippen molar-refractivity contribution in [2.75, 3.05) is 0 Å². The van der Waals surface area contributed by atoms with Gasteiger partial charge in [0.05, 0.1) is 0 Å². The van der Waals surface area contributed by atoms with Crippen molar-refractivity contribution in [1.82, 2.24) is 9.78 Å². The zero-order valence-corrected chi connectivity index (χ0v) is 9.77. The second kappa shape index (κ2) is 7.74. The first-order valence-electron chi connectivity index (χ1n) is 5.00. The summed E-state index contributed by atoms with van der Waals surface area (Å²) in [4.78, 5) is 4.05. The van der Waals surface area contributed by atoms with Crippen molar-refractivity contribution in [3.05, 3.63) is 37.2 Å². The zero-order valence-electron chi connectivity index (χ0n) is 9.77. The van der Waals surface area contributed by atoms with Gasteiger partial charge in [-0.2, -0.15) is 5.10 Å². The second-order valence-electron chi connectivity index (χ2n) is 3.18. The van der Waals surface area contributed by atoms with Gasteiger partial charge in [0, 0.05) is 18.6 Å². The highest BCUT2D eigenvalue weighted by Crippen LogP contribution is 1.99. The first-order chi connectivity index (χ1) is 7.11. The van der Waals surface area contributed by atoms with Crippen molar-refractivity contribution in [1.29, 1.82) is 0 Å². The van der Waals surface area contributed by atoms with Crippen LogP contribution >= 0.6 is 0 Å². The van der Waals surface area contributed by atoms with Crippen molar-refractivity contribution in [3.63, 3.8) is 0 Å². The third-order valence-electron chi connectivity index (χ3n) is 1.20. The van der Waals surface area contributed by atoms with Crippen LogP contribution in [0.1, 0.15) is 27.2 Å². The summed E-state index contributed by atoms with van der Waals surface area (Å²) in [6, 6.07) is 1.82. The summed E-state index contributed by atoms with van der Waals surface area (Å²) in [5.74, 6) is 0.586. The van der Waals surface area contributed by atoms with E-state index >= 15 is 0 Å². The maximum absolute atomic E-state index is 4.05. The predicted octanol–water partition coefficient (Wildman–Crippen LogP) is 3.37. The molecule has 0 saturated carbocycles. The monoisotopic (exact) mass is 205 g/mol. The highest BCUT2D eigenvalue weighted by molar-refractivity contribution is 5.80. The van der Waals surface area contributed by atoms with Crippen LogP contribution < -0.4 is 0 Å². The van der Waals surface area contributed by atoms with Crippen molar-refractivity contribution >= 4 is 12.0 Å². The van der Waals surface area contributed by atoms with Gasteiger partial charge in [-0.05, 0) is 18.6 Å². The molecule has 0 N–H and O–H groups in total. The molecule has 1 aromatic heterocycles. The van der Waals surface area contributed by atoms with Gasteiger partial charge in [0.15, 0.2) is 0 Å². The SMILES string of the molecule is C=C(C)/C=N\C(=C)n1cccn1.CCC. The number of hydrogen-bond acceptors (Lipinski definition) is 2. The quantitative estimate of drug-likeness (QED) is 0.696. The molecule has 0 aliphatic heterocycles. The van der Waals surface area contributed by atoms with Gasteiger partial charge < -0.3 is 0 Å². The van der Waals surface area contributed by atoms with Crippen LogP contribution in [0.25, 0.3) is 5.82 Å². The third kappa shape index (κ3) is 6.43. The van der Waals surface area contributed by atoms with E-state index in [1.54, 1.807) is 23.3 Å². The van der Waals surface area contributed by atoms with Crippen LogP contribution in [0.4, 0.5) is 0 Å². The average molecular weight is 205 g/mol. The van der Waals surface area contributed by atoms with Gasteiger partial charge in [-0.15, -0.1) is 0 Å². The molecule has 0 radical (unpaired) electrons. The van der Waals surface area contributed by atoms with Crippen molar-refractivity contribution in [3.8, 4) is 0 Å². The molecule has 0 saturated heterocycles. The Morgan fingerprint density at radius 1 is 1.47 bits per heavy atom. The van der Waals surface area contributed by atoms with Crippen LogP contribution in [-0.4, -0.2) is 16.0 Å². The molecule has 0 aliphatic rings. The molecule has 1 rings (SSSR count). The molecule has 0 aromatic carbocycles. The second-order valence-corrected chi connectivity index (χ2v) is 3.18. The molecule has 82 valence electrons. The Labute approximate surface area is 91.8 Å². The Balaban J connectivity index is 0.000000583. The lowest BCUT2D eigenvalue weighted by atomic mass is 10.4. The average Bonchev–Trinajstić information content (AvgIpc) is 2.68. The lowest BCUT2D eigenvalue weighted by Crippen LogP contribution is -1.93. The standard InChI is InChI=1S/C9H11N3.C3H8/c1-8(2)7-10-9(3)12-6-4-5-11-12;1-3-2/h4-7H,1,3H2,2H3;3H2,1-2H3/b10-7-;. The molecule has 3 heteroatoms. The van der Waals surface area contributed by atoms with E-state index in [-0.39, 0.29) is 0 Å². The normalized spacial score (nSPS) is 9.53. The minimum absolute atomic E-state index is 0.586.